The van der Waals surface area contributed by atoms with Gasteiger partial charge in [0.2, 0.25) is 0 Å². The molecule has 20 heavy (non-hydrogen) atoms. The molecule has 0 nitrogen and oxygen atoms in total. The summed E-state index contributed by atoms with van der Waals surface area (Å²) in [5, 5.41) is 0. The Balaban J connectivity index is 2.92. The van der Waals surface area contributed by atoms with Crippen LogP contribution in [0.4, 0.5) is 0 Å². The summed E-state index contributed by atoms with van der Waals surface area (Å²) in [4.78, 5) is 0. The predicted molar refractivity (Wildman–Crippen MR) is 96.1 cm³/mol. The summed E-state index contributed by atoms with van der Waals surface area (Å²) < 4.78 is 0. The Labute approximate surface area is 127 Å². The van der Waals surface area contributed by atoms with Gasteiger partial charge >= 0.3 is 0 Å². The molecular weight excluding hydrogens is 256 g/mol. The summed E-state index contributed by atoms with van der Waals surface area (Å²) in [6, 6.07) is 10.1. The van der Waals surface area contributed by atoms with Crippen LogP contribution in [0.25, 0.3) is 6.08 Å². The molecule has 0 spiro atoms. The maximum Gasteiger partial charge on any atom is 0.0650 e. The third kappa shape index (κ3) is 3.85. The van der Waals surface area contributed by atoms with E-state index in [4.69, 9.17) is 0 Å². The smallest absolute Gasteiger partial charge is 0.0650 e. The molecule has 0 saturated carbocycles. The maximum absolute atomic E-state index is 2.45. The van der Waals surface area contributed by atoms with Crippen LogP contribution >= 0.6 is 0 Å². The van der Waals surface area contributed by atoms with E-state index in [0.29, 0.717) is 0 Å². The third-order valence-corrected chi connectivity index (χ3v) is 12.4. The molecule has 0 amide bonds. The lowest BCUT2D eigenvalue weighted by Crippen LogP contribution is -2.43. The molecule has 0 heterocycles. The minimum atomic E-state index is -1.28. The second kappa shape index (κ2) is 7.26. The van der Waals surface area contributed by atoms with Gasteiger partial charge in [-0.1, -0.05) is 100 Å². The molecule has 0 aliphatic rings. The highest BCUT2D eigenvalue weighted by Gasteiger charge is 2.41. The standard InChI is InChI=1S/C19H32Si/c1-15(2)20(16(3)4,17(5)6)13-9-12-19-11-8-10-18(7)14-19/h8-12,14-17H,13H2,1-7H3/b12-9-. The lowest BCUT2D eigenvalue weighted by molar-refractivity contribution is 0.811. The van der Waals surface area contributed by atoms with Gasteiger partial charge in [0.05, 0.1) is 8.07 Å². The number of hydrogen-bond acceptors (Lipinski definition) is 0. The fourth-order valence-corrected chi connectivity index (χ4v) is 9.82. The van der Waals surface area contributed by atoms with Crippen molar-refractivity contribution in [2.75, 3.05) is 0 Å². The third-order valence-electron chi connectivity index (χ3n) is 5.05. The fraction of sp³-hybridized carbons (Fsp3) is 0.579. The zero-order valence-corrected chi connectivity index (χ0v) is 15.4. The highest BCUT2D eigenvalue weighted by Crippen LogP contribution is 2.44. The zero-order chi connectivity index (χ0) is 15.3. The molecule has 1 heteroatoms. The number of hydrogen-bond donors (Lipinski definition) is 0. The van der Waals surface area contributed by atoms with Gasteiger partial charge in [-0.15, -0.1) is 0 Å². The first-order valence-corrected chi connectivity index (χ1v) is 10.5. The second-order valence-corrected chi connectivity index (χ2v) is 13.2. The van der Waals surface area contributed by atoms with Crippen LogP contribution in [0.1, 0.15) is 52.7 Å². The molecule has 1 aromatic carbocycles. The van der Waals surface area contributed by atoms with E-state index in [0.717, 1.165) is 16.6 Å². The minimum absolute atomic E-state index is 0.838. The zero-order valence-electron chi connectivity index (χ0n) is 14.4. The minimum Gasteiger partial charge on any atom is -0.0866 e. The molecular formula is C19H32Si. The van der Waals surface area contributed by atoms with Gasteiger partial charge in [-0.25, -0.2) is 0 Å². The molecule has 0 fully saturated rings. The SMILES string of the molecule is Cc1cccc(/C=C\C[Si](C(C)C)(C(C)C)C(C)C)c1. The van der Waals surface area contributed by atoms with Gasteiger partial charge in [-0.3, -0.25) is 0 Å². The molecule has 0 N–H and O–H groups in total. The van der Waals surface area contributed by atoms with E-state index in [-0.39, 0.29) is 0 Å². The Hall–Kier alpha value is -0.823. The molecule has 0 unspecified atom stereocenters. The number of aryl methyl sites for hydroxylation is 1. The first-order valence-electron chi connectivity index (χ1n) is 8.04. The Bertz CT molecular complexity index is 419. The van der Waals surface area contributed by atoms with Crippen LogP contribution in [0.3, 0.4) is 0 Å². The van der Waals surface area contributed by atoms with Crippen molar-refractivity contribution in [3.05, 3.63) is 41.5 Å². The lowest BCUT2D eigenvalue weighted by atomic mass is 10.1. The predicted octanol–water partition coefficient (Wildman–Crippen LogP) is 6.69. The van der Waals surface area contributed by atoms with Crippen LogP contribution in [-0.4, -0.2) is 8.07 Å². The van der Waals surface area contributed by atoms with Gasteiger partial charge in [0, 0.05) is 0 Å². The van der Waals surface area contributed by atoms with E-state index < -0.39 is 8.07 Å². The average molecular weight is 289 g/mol. The highest BCUT2D eigenvalue weighted by atomic mass is 28.3. The van der Waals surface area contributed by atoms with Crippen molar-refractivity contribution in [3.8, 4) is 0 Å². The van der Waals surface area contributed by atoms with Crippen LogP contribution in [-0.2, 0) is 0 Å². The van der Waals surface area contributed by atoms with Gasteiger partial charge in [-0.05, 0) is 18.5 Å². The van der Waals surface area contributed by atoms with Crippen molar-refractivity contribution < 1.29 is 0 Å². The van der Waals surface area contributed by atoms with Gasteiger partial charge < -0.3 is 0 Å². The molecule has 0 aliphatic carbocycles. The van der Waals surface area contributed by atoms with Crippen molar-refractivity contribution in [2.45, 2.75) is 71.1 Å². The van der Waals surface area contributed by atoms with Crippen molar-refractivity contribution in [2.24, 2.45) is 0 Å². The van der Waals surface area contributed by atoms with E-state index in [9.17, 15) is 0 Å². The number of rotatable bonds is 6. The number of allylic oxidation sites excluding steroid dienone is 1. The Morgan fingerprint density at radius 3 is 1.95 bits per heavy atom. The van der Waals surface area contributed by atoms with Crippen LogP contribution in [0, 0.1) is 6.92 Å². The molecule has 0 aromatic heterocycles. The van der Waals surface area contributed by atoms with Crippen molar-refractivity contribution >= 4 is 14.1 Å². The normalized spacial score (nSPS) is 13.1. The molecule has 0 saturated heterocycles. The molecule has 1 rings (SSSR count). The van der Waals surface area contributed by atoms with E-state index in [1.807, 2.05) is 0 Å². The molecule has 0 atom stereocenters. The number of benzene rings is 1. The summed E-state index contributed by atoms with van der Waals surface area (Å²) >= 11 is 0. The molecule has 0 bridgehead atoms. The van der Waals surface area contributed by atoms with E-state index in [2.05, 4.69) is 84.9 Å². The van der Waals surface area contributed by atoms with Crippen LogP contribution in [0.15, 0.2) is 30.3 Å². The van der Waals surface area contributed by atoms with Gasteiger partial charge in [0.1, 0.15) is 0 Å². The molecule has 0 aliphatic heterocycles. The van der Waals surface area contributed by atoms with E-state index >= 15 is 0 Å². The largest absolute Gasteiger partial charge is 0.0866 e. The summed E-state index contributed by atoms with van der Waals surface area (Å²) in [5.74, 6) is 0. The summed E-state index contributed by atoms with van der Waals surface area (Å²) in [5.41, 5.74) is 5.19. The summed E-state index contributed by atoms with van der Waals surface area (Å²) in [6.07, 6.45) is 4.77. The Kier molecular flexibility index (Phi) is 6.26. The monoisotopic (exact) mass is 288 g/mol. The average Bonchev–Trinajstić information content (AvgIpc) is 2.33. The lowest BCUT2D eigenvalue weighted by Gasteiger charge is -2.42. The van der Waals surface area contributed by atoms with Gasteiger partial charge in [-0.2, -0.15) is 0 Å². The van der Waals surface area contributed by atoms with E-state index in [1.165, 1.54) is 17.2 Å². The van der Waals surface area contributed by atoms with Gasteiger partial charge in [0.15, 0.2) is 0 Å². The van der Waals surface area contributed by atoms with Crippen LogP contribution < -0.4 is 0 Å². The van der Waals surface area contributed by atoms with Crippen molar-refractivity contribution in [3.63, 3.8) is 0 Å². The molecule has 1 aromatic rings. The highest BCUT2D eigenvalue weighted by molar-refractivity contribution is 6.83. The Morgan fingerprint density at radius 1 is 0.950 bits per heavy atom. The summed E-state index contributed by atoms with van der Waals surface area (Å²) in [6.45, 7) is 16.8. The first kappa shape index (κ1) is 17.2. The maximum atomic E-state index is 2.45. The Morgan fingerprint density at radius 2 is 1.50 bits per heavy atom. The van der Waals surface area contributed by atoms with Crippen molar-refractivity contribution in [1.82, 2.24) is 0 Å². The van der Waals surface area contributed by atoms with E-state index in [1.54, 1.807) is 0 Å². The van der Waals surface area contributed by atoms with Crippen LogP contribution in [0.5, 0.6) is 0 Å². The topological polar surface area (TPSA) is 0 Å². The first-order chi connectivity index (χ1) is 9.30. The quantitative estimate of drug-likeness (QED) is 0.512. The van der Waals surface area contributed by atoms with Crippen LogP contribution in [0.2, 0.25) is 22.7 Å². The molecule has 112 valence electrons. The summed E-state index contributed by atoms with van der Waals surface area (Å²) in [7, 11) is -1.28. The fourth-order valence-electron chi connectivity index (χ4n) is 3.88. The van der Waals surface area contributed by atoms with Crippen molar-refractivity contribution in [1.29, 1.82) is 0 Å². The van der Waals surface area contributed by atoms with Gasteiger partial charge in [0.25, 0.3) is 0 Å². The molecule has 0 radical (unpaired) electrons. The second-order valence-electron chi connectivity index (χ2n) is 7.10.